The van der Waals surface area contributed by atoms with Crippen LogP contribution in [0.2, 0.25) is 0 Å². The fourth-order valence-corrected chi connectivity index (χ4v) is 4.41. The molecule has 2 aliphatic heterocycles. The molecule has 3 nitrogen and oxygen atoms in total. The molecule has 2 heterocycles. The van der Waals surface area contributed by atoms with Gasteiger partial charge in [-0.25, -0.2) is 0 Å². The van der Waals surface area contributed by atoms with E-state index in [1.165, 1.54) is 43.5 Å². The standard InChI is InChI=1S/C24H30N2O/c27-24(26-14-4-5-15-26)23-10-8-22(9-11-23)19-25-16-12-21(13-17-25)18-20-6-2-1-3-7-20/h1-3,6-11,21H,4-5,12-19H2. The fourth-order valence-electron chi connectivity index (χ4n) is 4.41. The minimum atomic E-state index is 0.195. The Morgan fingerprint density at radius 3 is 2.15 bits per heavy atom. The maximum Gasteiger partial charge on any atom is 0.253 e. The third-order valence-electron chi connectivity index (χ3n) is 6.07. The zero-order valence-electron chi connectivity index (χ0n) is 16.1. The molecule has 2 aromatic rings. The van der Waals surface area contributed by atoms with Crippen LogP contribution in [0, 0.1) is 5.92 Å². The number of hydrogen-bond acceptors (Lipinski definition) is 2. The summed E-state index contributed by atoms with van der Waals surface area (Å²) in [5, 5.41) is 0. The lowest BCUT2D eigenvalue weighted by atomic mass is 9.90. The average molecular weight is 363 g/mol. The van der Waals surface area contributed by atoms with Crippen LogP contribution >= 0.6 is 0 Å². The molecule has 0 saturated carbocycles. The second-order valence-electron chi connectivity index (χ2n) is 8.11. The highest BCUT2D eigenvalue weighted by molar-refractivity contribution is 5.94. The zero-order valence-corrected chi connectivity index (χ0v) is 16.1. The van der Waals surface area contributed by atoms with Crippen molar-refractivity contribution in [3.8, 4) is 0 Å². The van der Waals surface area contributed by atoms with Gasteiger partial charge in [-0.1, -0.05) is 42.5 Å². The Morgan fingerprint density at radius 2 is 1.48 bits per heavy atom. The van der Waals surface area contributed by atoms with E-state index in [2.05, 4.69) is 47.4 Å². The predicted molar refractivity (Wildman–Crippen MR) is 110 cm³/mol. The molecule has 0 radical (unpaired) electrons. The summed E-state index contributed by atoms with van der Waals surface area (Å²) in [7, 11) is 0. The maximum absolute atomic E-state index is 12.4. The van der Waals surface area contributed by atoms with Gasteiger partial charge >= 0.3 is 0 Å². The summed E-state index contributed by atoms with van der Waals surface area (Å²) in [6.45, 7) is 5.17. The zero-order chi connectivity index (χ0) is 18.5. The quantitative estimate of drug-likeness (QED) is 0.788. The average Bonchev–Trinajstić information content (AvgIpc) is 3.25. The Labute approximate surface area is 163 Å². The lowest BCUT2D eigenvalue weighted by Crippen LogP contribution is -2.33. The molecule has 2 aromatic carbocycles. The normalized spacial score (nSPS) is 18.7. The predicted octanol–water partition coefficient (Wildman–Crippen LogP) is 4.38. The molecule has 0 N–H and O–H groups in total. The SMILES string of the molecule is O=C(c1ccc(CN2CCC(Cc3ccccc3)CC2)cc1)N1CCCC1. The van der Waals surface area contributed by atoms with Gasteiger partial charge in [0.05, 0.1) is 0 Å². The summed E-state index contributed by atoms with van der Waals surface area (Å²) < 4.78 is 0. The molecule has 4 rings (SSSR count). The van der Waals surface area contributed by atoms with Gasteiger partial charge in [0.15, 0.2) is 0 Å². The van der Waals surface area contributed by atoms with E-state index in [1.54, 1.807) is 0 Å². The second-order valence-corrected chi connectivity index (χ2v) is 8.11. The number of benzene rings is 2. The molecule has 2 saturated heterocycles. The van der Waals surface area contributed by atoms with Crippen LogP contribution in [0.15, 0.2) is 54.6 Å². The molecule has 0 spiro atoms. The molecule has 3 heteroatoms. The molecule has 1 amide bonds. The monoisotopic (exact) mass is 362 g/mol. The van der Waals surface area contributed by atoms with Gasteiger partial charge in [0, 0.05) is 25.2 Å². The molecule has 0 aromatic heterocycles. The molecule has 2 fully saturated rings. The third-order valence-corrected chi connectivity index (χ3v) is 6.07. The van der Waals surface area contributed by atoms with E-state index in [-0.39, 0.29) is 5.91 Å². The van der Waals surface area contributed by atoms with E-state index in [1.807, 2.05) is 17.0 Å². The van der Waals surface area contributed by atoms with Crippen molar-refractivity contribution in [2.24, 2.45) is 5.92 Å². The van der Waals surface area contributed by atoms with E-state index in [9.17, 15) is 4.79 Å². The van der Waals surface area contributed by atoms with Crippen LogP contribution in [0.25, 0.3) is 0 Å². The molecule has 0 unspecified atom stereocenters. The fraction of sp³-hybridized carbons (Fsp3) is 0.458. The van der Waals surface area contributed by atoms with E-state index < -0.39 is 0 Å². The largest absolute Gasteiger partial charge is 0.339 e. The molecule has 2 aliphatic rings. The number of rotatable bonds is 5. The molecular formula is C24H30N2O. The Balaban J connectivity index is 1.26. The second kappa shape index (κ2) is 8.71. The molecule has 0 atom stereocenters. The maximum atomic E-state index is 12.4. The summed E-state index contributed by atoms with van der Waals surface area (Å²) in [5.74, 6) is 1.00. The topological polar surface area (TPSA) is 23.6 Å². The number of likely N-dealkylation sites (tertiary alicyclic amines) is 2. The smallest absolute Gasteiger partial charge is 0.253 e. The first-order valence-electron chi connectivity index (χ1n) is 10.4. The van der Waals surface area contributed by atoms with Crippen LogP contribution in [-0.4, -0.2) is 41.9 Å². The summed E-state index contributed by atoms with van der Waals surface area (Å²) >= 11 is 0. The number of carbonyl (C=O) groups is 1. The highest BCUT2D eigenvalue weighted by Gasteiger charge is 2.21. The van der Waals surface area contributed by atoms with Gasteiger partial charge in [-0.3, -0.25) is 9.69 Å². The first kappa shape index (κ1) is 18.2. The number of nitrogens with zero attached hydrogens (tertiary/aromatic N) is 2. The van der Waals surface area contributed by atoms with Crippen LogP contribution in [0.3, 0.4) is 0 Å². The summed E-state index contributed by atoms with van der Waals surface area (Å²) in [6, 6.07) is 19.2. The van der Waals surface area contributed by atoms with Gasteiger partial charge in [-0.2, -0.15) is 0 Å². The molecular weight excluding hydrogens is 332 g/mol. The van der Waals surface area contributed by atoms with Crippen molar-refractivity contribution in [2.45, 2.75) is 38.6 Å². The van der Waals surface area contributed by atoms with E-state index in [0.29, 0.717) is 0 Å². The third kappa shape index (κ3) is 4.78. The lowest BCUT2D eigenvalue weighted by molar-refractivity contribution is 0.0793. The first-order chi connectivity index (χ1) is 13.3. The van der Waals surface area contributed by atoms with Gasteiger partial charge in [0.2, 0.25) is 0 Å². The number of piperidine rings is 1. The van der Waals surface area contributed by atoms with Crippen molar-refractivity contribution in [3.05, 3.63) is 71.3 Å². The van der Waals surface area contributed by atoms with Crippen molar-refractivity contribution in [1.29, 1.82) is 0 Å². The van der Waals surface area contributed by atoms with Gasteiger partial charge in [0.25, 0.3) is 5.91 Å². The van der Waals surface area contributed by atoms with Gasteiger partial charge in [-0.05, 0) is 74.4 Å². The molecule has 27 heavy (non-hydrogen) atoms. The van der Waals surface area contributed by atoms with Crippen LogP contribution < -0.4 is 0 Å². The van der Waals surface area contributed by atoms with Crippen LogP contribution in [-0.2, 0) is 13.0 Å². The Morgan fingerprint density at radius 1 is 0.815 bits per heavy atom. The summed E-state index contributed by atoms with van der Waals surface area (Å²) in [4.78, 5) is 17.0. The summed E-state index contributed by atoms with van der Waals surface area (Å²) in [5.41, 5.74) is 3.62. The number of amides is 1. The van der Waals surface area contributed by atoms with Crippen molar-refractivity contribution < 1.29 is 4.79 Å². The van der Waals surface area contributed by atoms with Gasteiger partial charge in [0.1, 0.15) is 0 Å². The van der Waals surface area contributed by atoms with E-state index >= 15 is 0 Å². The van der Waals surface area contributed by atoms with Crippen molar-refractivity contribution in [2.75, 3.05) is 26.2 Å². The Bertz CT molecular complexity index is 727. The highest BCUT2D eigenvalue weighted by atomic mass is 16.2. The summed E-state index contributed by atoms with van der Waals surface area (Å²) in [6.07, 6.45) is 6.05. The van der Waals surface area contributed by atoms with Crippen LogP contribution in [0.1, 0.15) is 47.2 Å². The van der Waals surface area contributed by atoms with Crippen molar-refractivity contribution >= 4 is 5.91 Å². The molecule has 142 valence electrons. The number of hydrogen-bond donors (Lipinski definition) is 0. The van der Waals surface area contributed by atoms with Crippen LogP contribution in [0.5, 0.6) is 0 Å². The van der Waals surface area contributed by atoms with Crippen molar-refractivity contribution in [3.63, 3.8) is 0 Å². The lowest BCUT2D eigenvalue weighted by Gasteiger charge is -2.32. The Hall–Kier alpha value is -2.13. The Kier molecular flexibility index (Phi) is 5.88. The van der Waals surface area contributed by atoms with E-state index in [0.717, 1.165) is 44.0 Å². The minimum Gasteiger partial charge on any atom is -0.339 e. The highest BCUT2D eigenvalue weighted by Crippen LogP contribution is 2.23. The molecule has 0 aliphatic carbocycles. The van der Waals surface area contributed by atoms with Gasteiger partial charge < -0.3 is 4.90 Å². The minimum absolute atomic E-state index is 0.195. The van der Waals surface area contributed by atoms with Crippen molar-refractivity contribution in [1.82, 2.24) is 9.80 Å². The van der Waals surface area contributed by atoms with E-state index in [4.69, 9.17) is 0 Å². The molecule has 0 bridgehead atoms. The van der Waals surface area contributed by atoms with Gasteiger partial charge in [-0.15, -0.1) is 0 Å². The number of carbonyl (C=O) groups excluding carboxylic acids is 1. The first-order valence-corrected chi connectivity index (χ1v) is 10.4. The van der Waals surface area contributed by atoms with Crippen LogP contribution in [0.4, 0.5) is 0 Å².